The van der Waals surface area contributed by atoms with Crippen molar-refractivity contribution >= 4 is 35.0 Å². The van der Waals surface area contributed by atoms with Crippen LogP contribution in [0.2, 0.25) is 5.02 Å². The highest BCUT2D eigenvalue weighted by molar-refractivity contribution is 6.34. The highest BCUT2D eigenvalue weighted by Crippen LogP contribution is 2.34. The molecular weight excluding hydrogens is 596 g/mol. The lowest BCUT2D eigenvalue weighted by atomic mass is 9.98. The standard InChI is InChI=1S/C31H28ClF2N5O5/c1-16(43-31(42)18-8-11-36-12-9-18)27-25(28(40)21(15-38-27)17-2-4-19(33)5-3-17)30(41)39-20-6-7-23(22(34)14-20)44-24-10-13-37-29(35)26(24)32/h2-7,10,13-16,18,36H,8-9,11-12H2,1H3,(H2,35,37)(H,38,40)(H,39,41). The summed E-state index contributed by atoms with van der Waals surface area (Å²) in [5.41, 5.74) is 5.12. The van der Waals surface area contributed by atoms with Crippen molar-refractivity contribution in [3.05, 3.63) is 99.1 Å². The fourth-order valence-corrected chi connectivity index (χ4v) is 4.97. The van der Waals surface area contributed by atoms with E-state index in [9.17, 15) is 18.8 Å². The summed E-state index contributed by atoms with van der Waals surface area (Å²) < 4.78 is 39.8. The average molecular weight is 624 g/mol. The van der Waals surface area contributed by atoms with Gasteiger partial charge in [-0.2, -0.15) is 0 Å². The van der Waals surface area contributed by atoms with Gasteiger partial charge in [0.25, 0.3) is 5.91 Å². The van der Waals surface area contributed by atoms with Crippen LogP contribution in [-0.4, -0.2) is 34.9 Å². The number of rotatable bonds is 8. The largest absolute Gasteiger partial charge is 0.456 e. The van der Waals surface area contributed by atoms with Crippen molar-refractivity contribution in [2.75, 3.05) is 24.1 Å². The van der Waals surface area contributed by atoms with Gasteiger partial charge < -0.3 is 30.8 Å². The van der Waals surface area contributed by atoms with Crippen LogP contribution in [0.25, 0.3) is 11.1 Å². The van der Waals surface area contributed by atoms with Gasteiger partial charge in [0.1, 0.15) is 28.3 Å². The molecule has 1 atom stereocenters. The van der Waals surface area contributed by atoms with Gasteiger partial charge in [0, 0.05) is 35.8 Å². The van der Waals surface area contributed by atoms with Gasteiger partial charge >= 0.3 is 5.97 Å². The molecule has 0 aliphatic carbocycles. The molecule has 1 unspecified atom stereocenters. The maximum Gasteiger partial charge on any atom is 0.309 e. The fraction of sp³-hybridized carbons (Fsp3) is 0.226. The number of carbonyl (C=O) groups is 2. The van der Waals surface area contributed by atoms with E-state index in [4.69, 9.17) is 26.8 Å². The summed E-state index contributed by atoms with van der Waals surface area (Å²) in [5.74, 6) is -3.09. The molecule has 3 heterocycles. The summed E-state index contributed by atoms with van der Waals surface area (Å²) in [5, 5.41) is 5.72. The van der Waals surface area contributed by atoms with Gasteiger partial charge in [-0.1, -0.05) is 23.7 Å². The smallest absolute Gasteiger partial charge is 0.309 e. The van der Waals surface area contributed by atoms with E-state index in [2.05, 4.69) is 20.6 Å². The normalized spacial score (nSPS) is 14.1. The first-order chi connectivity index (χ1) is 21.1. The number of ether oxygens (including phenoxy) is 2. The van der Waals surface area contributed by atoms with E-state index in [-0.39, 0.29) is 50.8 Å². The van der Waals surface area contributed by atoms with E-state index in [0.717, 1.165) is 6.07 Å². The number of hydrogen-bond donors (Lipinski definition) is 4. The number of anilines is 2. The quantitative estimate of drug-likeness (QED) is 0.185. The first-order valence-electron chi connectivity index (χ1n) is 13.7. The number of piperidine rings is 1. The molecule has 1 saturated heterocycles. The van der Waals surface area contributed by atoms with Crippen molar-refractivity contribution in [2.24, 2.45) is 5.92 Å². The van der Waals surface area contributed by atoms with Gasteiger partial charge in [-0.05, 0) is 62.7 Å². The number of nitrogens with one attached hydrogen (secondary N) is 3. The van der Waals surface area contributed by atoms with Crippen molar-refractivity contribution in [1.29, 1.82) is 0 Å². The molecule has 1 amide bonds. The van der Waals surface area contributed by atoms with Crippen molar-refractivity contribution in [3.63, 3.8) is 0 Å². The number of halogens is 3. The Kier molecular flexibility index (Phi) is 9.21. The molecule has 1 aliphatic rings. The third-order valence-electron chi connectivity index (χ3n) is 7.16. The Hall–Kier alpha value is -4.81. The lowest BCUT2D eigenvalue weighted by molar-refractivity contribution is -0.154. The van der Waals surface area contributed by atoms with E-state index < -0.39 is 35.0 Å². The van der Waals surface area contributed by atoms with E-state index in [1.807, 2.05) is 0 Å². The number of aromatic amines is 1. The summed E-state index contributed by atoms with van der Waals surface area (Å²) in [7, 11) is 0. The fourth-order valence-electron chi connectivity index (χ4n) is 4.82. The highest BCUT2D eigenvalue weighted by atomic mass is 35.5. The first kappa shape index (κ1) is 30.6. The van der Waals surface area contributed by atoms with Gasteiger partial charge in [-0.25, -0.2) is 13.8 Å². The predicted octanol–water partition coefficient (Wildman–Crippen LogP) is 5.60. The van der Waals surface area contributed by atoms with Crippen molar-refractivity contribution in [2.45, 2.75) is 25.9 Å². The first-order valence-corrected chi connectivity index (χ1v) is 14.1. The monoisotopic (exact) mass is 623 g/mol. The second kappa shape index (κ2) is 13.2. The minimum absolute atomic E-state index is 0.00652. The van der Waals surface area contributed by atoms with Gasteiger partial charge in [-0.15, -0.1) is 0 Å². The SMILES string of the molecule is CC(OC(=O)C1CCNCC1)c1[nH]cc(-c2ccc(F)cc2)c(=O)c1C(=O)Nc1ccc(Oc2ccnc(N)c2Cl)c(F)c1. The molecule has 2 aromatic carbocycles. The Morgan fingerprint density at radius 3 is 2.52 bits per heavy atom. The molecule has 0 bridgehead atoms. The molecule has 13 heteroatoms. The van der Waals surface area contributed by atoms with Crippen LogP contribution < -0.4 is 26.5 Å². The summed E-state index contributed by atoms with van der Waals surface area (Å²) in [4.78, 5) is 47.0. The molecule has 4 aromatic rings. The number of nitrogens with two attached hydrogens (primary N) is 1. The number of H-pyrrole nitrogens is 1. The van der Waals surface area contributed by atoms with E-state index in [1.54, 1.807) is 6.92 Å². The molecular formula is C31H28ClF2N5O5. The zero-order valence-electron chi connectivity index (χ0n) is 23.5. The summed E-state index contributed by atoms with van der Waals surface area (Å²) in [6.45, 7) is 2.89. The molecule has 5 rings (SSSR count). The molecule has 0 saturated carbocycles. The van der Waals surface area contributed by atoms with Crippen molar-refractivity contribution in [3.8, 4) is 22.6 Å². The maximum absolute atomic E-state index is 15.0. The number of pyridine rings is 2. The molecule has 2 aromatic heterocycles. The Morgan fingerprint density at radius 2 is 1.82 bits per heavy atom. The average Bonchev–Trinajstić information content (AvgIpc) is 3.01. The van der Waals surface area contributed by atoms with Crippen LogP contribution in [0.4, 0.5) is 20.3 Å². The van der Waals surface area contributed by atoms with Crippen molar-refractivity contribution in [1.82, 2.24) is 15.3 Å². The number of hydrogen-bond acceptors (Lipinski definition) is 8. The molecule has 1 fully saturated rings. The van der Waals surface area contributed by atoms with E-state index in [1.165, 1.54) is 54.9 Å². The number of amides is 1. The molecule has 0 spiro atoms. The molecule has 44 heavy (non-hydrogen) atoms. The number of carbonyl (C=O) groups excluding carboxylic acids is 2. The third-order valence-corrected chi connectivity index (χ3v) is 7.54. The number of benzene rings is 2. The zero-order chi connectivity index (χ0) is 31.4. The van der Waals surface area contributed by atoms with Crippen LogP contribution in [0.15, 0.2) is 65.7 Å². The summed E-state index contributed by atoms with van der Waals surface area (Å²) in [6.07, 6.45) is 2.93. The maximum atomic E-state index is 15.0. The molecule has 228 valence electrons. The molecule has 5 N–H and O–H groups in total. The highest BCUT2D eigenvalue weighted by Gasteiger charge is 2.29. The Morgan fingerprint density at radius 1 is 1.09 bits per heavy atom. The summed E-state index contributed by atoms with van der Waals surface area (Å²) in [6, 6.07) is 10.2. The van der Waals surface area contributed by atoms with Gasteiger partial charge in [0.15, 0.2) is 17.3 Å². The number of esters is 1. The zero-order valence-corrected chi connectivity index (χ0v) is 24.2. The second-order valence-corrected chi connectivity index (χ2v) is 10.5. The lowest BCUT2D eigenvalue weighted by Gasteiger charge is -2.24. The predicted molar refractivity (Wildman–Crippen MR) is 161 cm³/mol. The summed E-state index contributed by atoms with van der Waals surface area (Å²) >= 11 is 6.08. The Labute approximate surface area is 255 Å². The minimum atomic E-state index is -1.00. The molecule has 10 nitrogen and oxygen atoms in total. The van der Waals surface area contributed by atoms with Crippen LogP contribution in [-0.2, 0) is 9.53 Å². The van der Waals surface area contributed by atoms with Crippen LogP contribution >= 0.6 is 11.6 Å². The van der Waals surface area contributed by atoms with Gasteiger partial charge in [-0.3, -0.25) is 14.4 Å². The van der Waals surface area contributed by atoms with Gasteiger partial charge in [0.05, 0.1) is 11.6 Å². The molecule has 0 radical (unpaired) electrons. The number of aromatic nitrogens is 2. The van der Waals surface area contributed by atoms with E-state index >= 15 is 4.39 Å². The van der Waals surface area contributed by atoms with Crippen molar-refractivity contribution < 1.29 is 27.8 Å². The van der Waals surface area contributed by atoms with Crippen LogP contribution in [0.5, 0.6) is 11.5 Å². The number of nitrogen functional groups attached to an aromatic ring is 1. The number of nitrogens with zero attached hydrogens (tertiary/aromatic N) is 1. The van der Waals surface area contributed by atoms with Crippen LogP contribution in [0.3, 0.4) is 0 Å². The Bertz CT molecular complexity index is 1760. The molecule has 1 aliphatic heterocycles. The topological polar surface area (TPSA) is 148 Å². The van der Waals surface area contributed by atoms with Crippen LogP contribution in [0, 0.1) is 17.6 Å². The van der Waals surface area contributed by atoms with E-state index in [0.29, 0.717) is 31.5 Å². The second-order valence-electron chi connectivity index (χ2n) is 10.1. The lowest BCUT2D eigenvalue weighted by Crippen LogP contribution is -2.33. The minimum Gasteiger partial charge on any atom is -0.456 e. The van der Waals surface area contributed by atoms with Crippen LogP contribution in [0.1, 0.15) is 41.9 Å². The van der Waals surface area contributed by atoms with Gasteiger partial charge in [0.2, 0.25) is 5.43 Å². The third kappa shape index (κ3) is 6.71. The Balaban J connectivity index is 1.45.